The molecule has 14 nitrogen and oxygen atoms in total. The summed E-state index contributed by atoms with van der Waals surface area (Å²) in [5.41, 5.74) is 3.61. The molecule has 0 saturated carbocycles. The van der Waals surface area contributed by atoms with Crippen molar-refractivity contribution in [2.75, 3.05) is 12.0 Å². The Kier molecular flexibility index (Phi) is 4.84. The molecule has 4 heterocycles. The van der Waals surface area contributed by atoms with Gasteiger partial charge in [-0.25, -0.2) is 19.7 Å². The second kappa shape index (κ2) is 7.45. The van der Waals surface area contributed by atoms with Crippen LogP contribution in [0, 0.1) is 0 Å². The lowest BCUT2D eigenvalue weighted by Crippen LogP contribution is -2.36. The summed E-state index contributed by atoms with van der Waals surface area (Å²) < 4.78 is 6.90. The molecule has 4 rings (SSSR count). The van der Waals surface area contributed by atoms with Gasteiger partial charge in [0.25, 0.3) is 5.56 Å². The number of fused-ring (bicyclic) bond motifs is 1. The Labute approximate surface area is 155 Å². The fourth-order valence-electron chi connectivity index (χ4n) is 2.81. The summed E-state index contributed by atoms with van der Waals surface area (Å²) >= 11 is 0. The average molecular weight is 392 g/mol. The molecule has 0 radical (unpaired) electrons. The van der Waals surface area contributed by atoms with Crippen molar-refractivity contribution < 1.29 is 19.8 Å². The summed E-state index contributed by atoms with van der Waals surface area (Å²) in [5, 5.41) is 20.5. The Morgan fingerprint density at radius 1 is 1.18 bits per heavy atom. The number of aliphatic hydroxyl groups is 2. The summed E-state index contributed by atoms with van der Waals surface area (Å²) in [6.07, 6.45) is -0.329. The smallest absolute Gasteiger partial charge is 0.327 e. The van der Waals surface area contributed by atoms with Crippen LogP contribution in [0.5, 0.6) is 0 Å². The van der Waals surface area contributed by atoms with Crippen molar-refractivity contribution in [2.24, 2.45) is 0 Å². The first-order valence-electron chi connectivity index (χ1n) is 8.15. The fourth-order valence-corrected chi connectivity index (χ4v) is 2.81. The molecule has 0 amide bonds. The van der Waals surface area contributed by atoms with Crippen LogP contribution in [0.1, 0.15) is 6.23 Å². The van der Waals surface area contributed by atoms with Crippen molar-refractivity contribution in [3.8, 4) is 0 Å². The van der Waals surface area contributed by atoms with Gasteiger partial charge in [-0.3, -0.25) is 29.6 Å². The number of hydrogen-bond donors (Lipinski definition) is 6. The van der Waals surface area contributed by atoms with E-state index >= 15 is 0 Å². The number of aromatic amines is 2. The number of rotatable bonds is 6. The van der Waals surface area contributed by atoms with E-state index in [0.29, 0.717) is 0 Å². The van der Waals surface area contributed by atoms with Gasteiger partial charge in [0.1, 0.15) is 24.0 Å². The molecule has 0 unspecified atom stereocenters. The van der Waals surface area contributed by atoms with Crippen LogP contribution < -0.4 is 22.3 Å². The topological polar surface area (TPSA) is 192 Å². The van der Waals surface area contributed by atoms with E-state index in [2.05, 4.69) is 35.9 Å². The van der Waals surface area contributed by atoms with E-state index in [4.69, 9.17) is 9.57 Å². The standard InChI is InChI=1S/C14H16N8O6/c23-8-6(4-27-21-20-13-15-2-1-3-16-13)28-12(9(8)24)22-5-17-7-10(22)18-14(26)19-11(7)25/h1-3,5-6,8-9,12,21,23-24H,4H2,(H,15,16,20)(H2,18,19,25,26)/t6-,8-,9-,12-/m1/s1. The van der Waals surface area contributed by atoms with E-state index in [1.165, 1.54) is 23.3 Å². The Balaban J connectivity index is 1.43. The van der Waals surface area contributed by atoms with Crippen LogP contribution in [-0.2, 0) is 9.57 Å². The zero-order chi connectivity index (χ0) is 19.7. The second-order valence-electron chi connectivity index (χ2n) is 5.91. The highest BCUT2D eigenvalue weighted by Gasteiger charge is 2.44. The lowest BCUT2D eigenvalue weighted by atomic mass is 10.1. The van der Waals surface area contributed by atoms with Crippen LogP contribution in [0.25, 0.3) is 11.2 Å². The highest BCUT2D eigenvalue weighted by atomic mass is 16.7. The van der Waals surface area contributed by atoms with Gasteiger partial charge in [-0.05, 0) is 6.07 Å². The Bertz CT molecular complexity index is 1060. The predicted molar refractivity (Wildman–Crippen MR) is 91.6 cm³/mol. The number of imidazole rings is 1. The molecule has 14 heteroatoms. The fraction of sp³-hybridized carbons (Fsp3) is 0.357. The van der Waals surface area contributed by atoms with Gasteiger partial charge >= 0.3 is 5.69 Å². The number of hydrazine groups is 1. The van der Waals surface area contributed by atoms with Crippen LogP contribution in [0.3, 0.4) is 0 Å². The molecule has 1 aliphatic rings. The molecule has 0 aromatic carbocycles. The maximum absolute atomic E-state index is 11.8. The first-order valence-corrected chi connectivity index (χ1v) is 8.15. The third-order valence-corrected chi connectivity index (χ3v) is 4.13. The zero-order valence-corrected chi connectivity index (χ0v) is 14.1. The third kappa shape index (κ3) is 3.37. The average Bonchev–Trinajstić information content (AvgIpc) is 3.22. The quantitative estimate of drug-likeness (QED) is 0.190. The van der Waals surface area contributed by atoms with Gasteiger partial charge in [0.2, 0.25) is 5.95 Å². The molecule has 3 aromatic rings. The minimum Gasteiger partial charge on any atom is -0.387 e. The monoisotopic (exact) mass is 392 g/mol. The molecule has 1 aliphatic heterocycles. The molecule has 0 aliphatic carbocycles. The van der Waals surface area contributed by atoms with Gasteiger partial charge in [0, 0.05) is 12.4 Å². The van der Waals surface area contributed by atoms with Crippen molar-refractivity contribution in [2.45, 2.75) is 24.5 Å². The van der Waals surface area contributed by atoms with E-state index < -0.39 is 35.8 Å². The number of aromatic nitrogens is 6. The SMILES string of the molecule is O=c1[nH]c(=O)c2ncn([C@@H]3O[C@H](CONNc4ncccn4)[C@@H](O)[C@H]3O)c2[nH]1. The van der Waals surface area contributed by atoms with Crippen LogP contribution in [-0.4, -0.2) is 64.6 Å². The Morgan fingerprint density at radius 3 is 2.75 bits per heavy atom. The number of nitrogens with one attached hydrogen (secondary N) is 4. The van der Waals surface area contributed by atoms with Crippen molar-refractivity contribution in [3.63, 3.8) is 0 Å². The molecular formula is C14H16N8O6. The summed E-state index contributed by atoms with van der Waals surface area (Å²) in [6.45, 7) is -0.141. The first-order chi connectivity index (χ1) is 13.5. The van der Waals surface area contributed by atoms with Gasteiger partial charge in [-0.15, -0.1) is 5.59 Å². The summed E-state index contributed by atoms with van der Waals surface area (Å²) in [4.78, 5) is 44.7. The Hall–Kier alpha value is -3.17. The predicted octanol–water partition coefficient (Wildman–Crippen LogP) is -2.63. The van der Waals surface area contributed by atoms with Crippen molar-refractivity contribution in [1.29, 1.82) is 0 Å². The van der Waals surface area contributed by atoms with Crippen LogP contribution >= 0.6 is 0 Å². The molecule has 1 fully saturated rings. The number of H-pyrrole nitrogens is 2. The molecule has 0 spiro atoms. The van der Waals surface area contributed by atoms with E-state index in [9.17, 15) is 19.8 Å². The normalized spacial score (nSPS) is 24.6. The number of hydrogen-bond acceptors (Lipinski definition) is 11. The third-order valence-electron chi connectivity index (χ3n) is 4.13. The molecule has 3 aromatic heterocycles. The first kappa shape index (κ1) is 18.2. The van der Waals surface area contributed by atoms with Crippen LogP contribution in [0.15, 0.2) is 34.4 Å². The molecule has 1 saturated heterocycles. The molecule has 6 N–H and O–H groups in total. The minimum atomic E-state index is -1.35. The largest absolute Gasteiger partial charge is 0.387 e. The maximum Gasteiger partial charge on any atom is 0.327 e. The summed E-state index contributed by atoms with van der Waals surface area (Å²) in [6, 6.07) is 1.65. The Morgan fingerprint density at radius 2 is 1.96 bits per heavy atom. The number of nitrogens with zero attached hydrogens (tertiary/aromatic N) is 4. The number of aliphatic hydroxyl groups excluding tert-OH is 2. The second-order valence-corrected chi connectivity index (χ2v) is 5.91. The summed E-state index contributed by atoms with van der Waals surface area (Å²) in [5.74, 6) is 0.271. The molecule has 4 atom stereocenters. The van der Waals surface area contributed by atoms with E-state index in [0.717, 1.165) is 0 Å². The van der Waals surface area contributed by atoms with Gasteiger partial charge in [0.05, 0.1) is 12.9 Å². The molecule has 28 heavy (non-hydrogen) atoms. The van der Waals surface area contributed by atoms with E-state index in [-0.39, 0.29) is 23.7 Å². The lowest BCUT2D eigenvalue weighted by Gasteiger charge is -2.16. The van der Waals surface area contributed by atoms with Gasteiger partial charge < -0.3 is 14.9 Å². The number of ether oxygens (including phenoxy) is 1. The van der Waals surface area contributed by atoms with Gasteiger partial charge in [-0.1, -0.05) is 0 Å². The molecule has 148 valence electrons. The highest BCUT2D eigenvalue weighted by Crippen LogP contribution is 2.30. The lowest BCUT2D eigenvalue weighted by molar-refractivity contribution is -0.0821. The molecule has 0 bridgehead atoms. The zero-order valence-electron chi connectivity index (χ0n) is 14.1. The molecular weight excluding hydrogens is 376 g/mol. The van der Waals surface area contributed by atoms with Crippen LogP contribution in [0.2, 0.25) is 0 Å². The van der Waals surface area contributed by atoms with Gasteiger partial charge in [0.15, 0.2) is 11.7 Å². The van der Waals surface area contributed by atoms with Crippen molar-refractivity contribution >= 4 is 17.1 Å². The minimum absolute atomic E-state index is 0.0293. The van der Waals surface area contributed by atoms with Crippen LogP contribution in [0.4, 0.5) is 5.95 Å². The van der Waals surface area contributed by atoms with E-state index in [1.54, 1.807) is 6.07 Å². The van der Waals surface area contributed by atoms with Crippen molar-refractivity contribution in [1.82, 2.24) is 35.1 Å². The highest BCUT2D eigenvalue weighted by molar-refractivity contribution is 5.68. The summed E-state index contributed by atoms with van der Waals surface area (Å²) in [7, 11) is 0. The van der Waals surface area contributed by atoms with E-state index in [1.807, 2.05) is 0 Å². The number of anilines is 1. The van der Waals surface area contributed by atoms with Gasteiger partial charge in [-0.2, -0.15) is 0 Å². The van der Waals surface area contributed by atoms with Crippen molar-refractivity contribution in [3.05, 3.63) is 45.6 Å². The maximum atomic E-state index is 11.8.